The van der Waals surface area contributed by atoms with Gasteiger partial charge in [-0.05, 0) is 0 Å². The van der Waals surface area contributed by atoms with Gasteiger partial charge in [-0.15, -0.1) is 23.2 Å². The smallest absolute Gasteiger partial charge is 0.206 e. The Balaban J connectivity index is 0. The maximum atomic E-state index is 9.41. The fraction of sp³-hybridized carbons (Fsp3) is 1.00. The Hall–Kier alpha value is 0.490. The van der Waals surface area contributed by atoms with Crippen molar-refractivity contribution in [2.45, 2.75) is 0 Å². The van der Waals surface area contributed by atoms with Crippen molar-refractivity contribution in [1.29, 1.82) is 0 Å². The van der Waals surface area contributed by atoms with Gasteiger partial charge in [-0.2, -0.15) is 0 Å². The molecule has 0 aliphatic carbocycles. The zero-order valence-electron chi connectivity index (χ0n) is 4.27. The lowest BCUT2D eigenvalue weighted by molar-refractivity contribution is 0.603. The largest absolute Gasteiger partial charge is 0.229 e. The molecule has 0 aromatic heterocycles. The normalized spacial score (nSPS) is 9.50. The Bertz CT molecular complexity index is 112. The molecule has 0 aromatic carbocycles. The number of primary sulfonamides is 1. The van der Waals surface area contributed by atoms with Crippen LogP contribution in [0.1, 0.15) is 0 Å². The summed E-state index contributed by atoms with van der Waals surface area (Å²) >= 11 is 9.53. The first-order valence-electron chi connectivity index (χ1n) is 1.51. The first-order chi connectivity index (χ1) is 3.41. The third kappa shape index (κ3) is 815. The molecule has 0 fully saturated rings. The molecule has 0 atom stereocenters. The van der Waals surface area contributed by atoms with Gasteiger partial charge < -0.3 is 0 Å². The van der Waals surface area contributed by atoms with Gasteiger partial charge in [0.15, 0.2) is 0 Å². The van der Waals surface area contributed by atoms with Crippen LogP contribution in [-0.2, 0) is 10.0 Å². The Kier molecular flexibility index (Phi) is 7.95. The van der Waals surface area contributed by atoms with Gasteiger partial charge >= 0.3 is 0 Å². The Morgan fingerprint density at radius 2 is 1.50 bits per heavy atom. The molecule has 0 rings (SSSR count). The van der Waals surface area contributed by atoms with E-state index in [9.17, 15) is 8.42 Å². The van der Waals surface area contributed by atoms with Crippen LogP contribution >= 0.6 is 23.2 Å². The Morgan fingerprint density at radius 3 is 1.50 bits per heavy atom. The van der Waals surface area contributed by atoms with E-state index >= 15 is 0 Å². The van der Waals surface area contributed by atoms with Crippen LogP contribution in [0.4, 0.5) is 0 Å². The van der Waals surface area contributed by atoms with Crippen LogP contribution in [0, 0.1) is 0 Å². The van der Waals surface area contributed by atoms with Gasteiger partial charge in [0.05, 0.1) is 11.6 Å². The Labute approximate surface area is 58.8 Å². The number of hydrogen-bond acceptors (Lipinski definition) is 2. The van der Waals surface area contributed by atoms with Gasteiger partial charge in [0.2, 0.25) is 10.0 Å². The predicted octanol–water partition coefficient (Wildman–Crippen LogP) is 0.326. The highest BCUT2D eigenvalue weighted by Gasteiger charge is 1.78. The molecular formula is C2H7Cl2NO2S. The quantitative estimate of drug-likeness (QED) is 0.546. The predicted molar refractivity (Wildman–Crippen MR) is 35.6 cm³/mol. The van der Waals surface area contributed by atoms with E-state index in [1.54, 1.807) is 0 Å². The third-order valence-corrected chi connectivity index (χ3v) is 0. The van der Waals surface area contributed by atoms with Crippen LogP contribution in [0.5, 0.6) is 0 Å². The van der Waals surface area contributed by atoms with Crippen molar-refractivity contribution in [2.24, 2.45) is 5.14 Å². The molecule has 0 bridgehead atoms. The molecular weight excluding hydrogens is 173 g/mol. The number of halogens is 2. The summed E-state index contributed by atoms with van der Waals surface area (Å²) in [6.07, 6.45) is 0.938. The van der Waals surface area contributed by atoms with Gasteiger partial charge in [-0.3, -0.25) is 0 Å². The summed E-state index contributed by atoms with van der Waals surface area (Å²) in [5.74, 6) is 0. The van der Waals surface area contributed by atoms with Crippen LogP contribution in [0.2, 0.25) is 0 Å². The minimum absolute atomic E-state index is 0.194. The average molecular weight is 180 g/mol. The molecule has 3 nitrogen and oxygen atoms in total. The van der Waals surface area contributed by atoms with Gasteiger partial charge in [0.1, 0.15) is 0 Å². The summed E-state index contributed by atoms with van der Waals surface area (Å²) in [7, 11) is -3.17. The standard InChI is InChI=1S/CH2Cl2.CH5NO2S/c2-1-3;1-5(2,3)4/h1H2;1H3,(H2,2,3,4). The SMILES string of the molecule is CS(N)(=O)=O.ClCCl. The molecule has 52 valence electrons. The van der Waals surface area contributed by atoms with Crippen molar-refractivity contribution in [3.05, 3.63) is 0 Å². The molecule has 0 aliphatic heterocycles. The van der Waals surface area contributed by atoms with Crippen molar-refractivity contribution in [3.63, 3.8) is 0 Å². The fourth-order valence-corrected chi connectivity index (χ4v) is 0. The monoisotopic (exact) mass is 179 g/mol. The minimum Gasteiger partial charge on any atom is -0.229 e. The van der Waals surface area contributed by atoms with Crippen molar-refractivity contribution in [2.75, 3.05) is 11.6 Å². The number of rotatable bonds is 0. The fourth-order valence-electron chi connectivity index (χ4n) is 0. The summed E-state index contributed by atoms with van der Waals surface area (Å²) in [5, 5.41) is 4.52. The molecule has 2 N–H and O–H groups in total. The maximum Gasteiger partial charge on any atom is 0.206 e. The highest BCUT2D eigenvalue weighted by molar-refractivity contribution is 7.88. The van der Waals surface area contributed by atoms with E-state index in [-0.39, 0.29) is 5.34 Å². The van der Waals surface area contributed by atoms with E-state index in [1.165, 1.54) is 0 Å². The van der Waals surface area contributed by atoms with E-state index < -0.39 is 10.0 Å². The van der Waals surface area contributed by atoms with Crippen LogP contribution < -0.4 is 5.14 Å². The molecule has 0 heterocycles. The highest BCUT2D eigenvalue weighted by atomic mass is 35.5. The average Bonchev–Trinajstić information content (AvgIpc) is 1.27. The molecule has 0 aromatic rings. The summed E-state index contributed by atoms with van der Waals surface area (Å²) < 4.78 is 18.8. The zero-order valence-corrected chi connectivity index (χ0v) is 6.59. The highest BCUT2D eigenvalue weighted by Crippen LogP contribution is 1.73. The molecule has 6 heteroatoms. The van der Waals surface area contributed by atoms with E-state index in [2.05, 4.69) is 5.14 Å². The maximum absolute atomic E-state index is 9.41. The summed E-state index contributed by atoms with van der Waals surface area (Å²) in [4.78, 5) is 0. The van der Waals surface area contributed by atoms with Crippen LogP contribution in [0.15, 0.2) is 0 Å². The summed E-state index contributed by atoms with van der Waals surface area (Å²) in [6, 6.07) is 0. The first kappa shape index (κ1) is 11.3. The molecule has 0 amide bonds. The lowest BCUT2D eigenvalue weighted by atomic mass is 11.9. The van der Waals surface area contributed by atoms with Crippen molar-refractivity contribution in [1.82, 2.24) is 0 Å². The van der Waals surface area contributed by atoms with Crippen molar-refractivity contribution >= 4 is 33.2 Å². The second-order valence-corrected chi connectivity index (χ2v) is 3.40. The van der Waals surface area contributed by atoms with Crippen LogP contribution in [0.25, 0.3) is 0 Å². The molecule has 0 radical (unpaired) electrons. The number of alkyl halides is 2. The summed E-state index contributed by atoms with van der Waals surface area (Å²) in [6.45, 7) is 0. The van der Waals surface area contributed by atoms with Crippen molar-refractivity contribution < 1.29 is 8.42 Å². The van der Waals surface area contributed by atoms with E-state index in [1.807, 2.05) is 0 Å². The first-order valence-corrected chi connectivity index (χ1v) is 4.54. The lowest BCUT2D eigenvalue weighted by Crippen LogP contribution is -2.07. The van der Waals surface area contributed by atoms with Gasteiger partial charge in [-0.25, -0.2) is 13.6 Å². The van der Waals surface area contributed by atoms with Gasteiger partial charge in [0.25, 0.3) is 0 Å². The van der Waals surface area contributed by atoms with E-state index in [0.717, 1.165) is 6.26 Å². The third-order valence-electron chi connectivity index (χ3n) is 0. The Morgan fingerprint density at radius 1 is 1.50 bits per heavy atom. The molecule has 0 saturated carbocycles. The summed E-state index contributed by atoms with van der Waals surface area (Å²) in [5.41, 5.74) is 0. The van der Waals surface area contributed by atoms with E-state index in [4.69, 9.17) is 23.2 Å². The minimum atomic E-state index is -3.17. The van der Waals surface area contributed by atoms with Crippen LogP contribution in [0.3, 0.4) is 0 Å². The number of nitrogens with two attached hydrogens (primary N) is 1. The number of sulfonamides is 1. The second kappa shape index (κ2) is 5.62. The molecule has 0 spiro atoms. The zero-order chi connectivity index (χ0) is 7.21. The molecule has 0 aliphatic rings. The molecule has 0 unspecified atom stereocenters. The second-order valence-electron chi connectivity index (χ2n) is 0.931. The lowest BCUT2D eigenvalue weighted by Gasteiger charge is -1.71. The molecule has 0 saturated heterocycles. The topological polar surface area (TPSA) is 60.2 Å². The van der Waals surface area contributed by atoms with E-state index in [0.29, 0.717) is 0 Å². The van der Waals surface area contributed by atoms with Gasteiger partial charge in [-0.1, -0.05) is 0 Å². The van der Waals surface area contributed by atoms with Crippen LogP contribution in [-0.4, -0.2) is 20.0 Å². The number of hydrogen-bond donors (Lipinski definition) is 1. The molecule has 8 heavy (non-hydrogen) atoms. The van der Waals surface area contributed by atoms with Crippen molar-refractivity contribution in [3.8, 4) is 0 Å². The van der Waals surface area contributed by atoms with Gasteiger partial charge in [0, 0.05) is 0 Å².